The number of amides is 1. The average molecular weight is 422 g/mol. The summed E-state index contributed by atoms with van der Waals surface area (Å²) in [5, 5.41) is 14.9. The maximum Gasteiger partial charge on any atom is 0.301 e. The zero-order valence-corrected chi connectivity index (χ0v) is 17.0. The summed E-state index contributed by atoms with van der Waals surface area (Å²) in [5.74, 6) is -1.86. The lowest BCUT2D eigenvalue weighted by molar-refractivity contribution is -0.132. The summed E-state index contributed by atoms with van der Waals surface area (Å²) < 4.78 is 25.1. The predicted molar refractivity (Wildman–Crippen MR) is 110 cm³/mol. The standard InChI is InChI=1S/C23H19FN2O5/c1-12-10-14(8-9-17(12)30-3)21(27)19-20(15-6-4-5-7-16(15)24)26(23(29)22(19)28)18-11-13(2)31-25-18/h4-11,20,27H,1-3H3/b21-19+. The Hall–Kier alpha value is -3.94. The number of ketones is 1. The van der Waals surface area contributed by atoms with Gasteiger partial charge in [0.15, 0.2) is 5.82 Å². The van der Waals surface area contributed by atoms with Crippen molar-refractivity contribution in [2.24, 2.45) is 0 Å². The Balaban J connectivity index is 1.96. The summed E-state index contributed by atoms with van der Waals surface area (Å²) >= 11 is 0. The van der Waals surface area contributed by atoms with Crippen LogP contribution in [0.3, 0.4) is 0 Å². The van der Waals surface area contributed by atoms with E-state index < -0.39 is 29.3 Å². The molecule has 1 unspecified atom stereocenters. The molecule has 158 valence electrons. The summed E-state index contributed by atoms with van der Waals surface area (Å²) in [6, 6.07) is 10.8. The van der Waals surface area contributed by atoms with Gasteiger partial charge in [0.25, 0.3) is 5.78 Å². The summed E-state index contributed by atoms with van der Waals surface area (Å²) in [7, 11) is 1.52. The fourth-order valence-corrected chi connectivity index (χ4v) is 3.71. The van der Waals surface area contributed by atoms with Crippen LogP contribution in [0.15, 0.2) is 58.6 Å². The molecule has 1 aliphatic heterocycles. The number of aliphatic hydroxyl groups excluding tert-OH is 1. The molecule has 1 amide bonds. The second kappa shape index (κ2) is 7.71. The molecule has 0 saturated carbocycles. The zero-order valence-electron chi connectivity index (χ0n) is 17.0. The quantitative estimate of drug-likeness (QED) is 0.387. The Labute approximate surface area is 177 Å². The second-order valence-electron chi connectivity index (χ2n) is 7.17. The minimum atomic E-state index is -1.21. The van der Waals surface area contributed by atoms with Crippen molar-refractivity contribution in [2.45, 2.75) is 19.9 Å². The number of rotatable bonds is 4. The van der Waals surface area contributed by atoms with E-state index in [1.54, 1.807) is 38.1 Å². The van der Waals surface area contributed by atoms with Gasteiger partial charge in [0.05, 0.1) is 18.7 Å². The molecule has 2 aromatic carbocycles. The van der Waals surface area contributed by atoms with Gasteiger partial charge < -0.3 is 14.4 Å². The van der Waals surface area contributed by atoms with Crippen LogP contribution in [0, 0.1) is 19.7 Å². The maximum absolute atomic E-state index is 14.8. The molecule has 3 aromatic rings. The molecule has 31 heavy (non-hydrogen) atoms. The van der Waals surface area contributed by atoms with Gasteiger partial charge in [-0.3, -0.25) is 14.5 Å². The van der Waals surface area contributed by atoms with Gasteiger partial charge in [0, 0.05) is 17.2 Å². The minimum Gasteiger partial charge on any atom is -0.507 e. The lowest BCUT2D eigenvalue weighted by atomic mass is 9.94. The number of aryl methyl sites for hydroxylation is 2. The largest absolute Gasteiger partial charge is 0.507 e. The van der Waals surface area contributed by atoms with Crippen LogP contribution in [0.25, 0.3) is 5.76 Å². The highest BCUT2D eigenvalue weighted by Gasteiger charge is 2.48. The van der Waals surface area contributed by atoms with Crippen LogP contribution in [-0.4, -0.2) is 29.1 Å². The molecule has 4 rings (SSSR count). The van der Waals surface area contributed by atoms with E-state index in [2.05, 4.69) is 5.16 Å². The molecule has 0 aliphatic carbocycles. The topological polar surface area (TPSA) is 92.9 Å². The van der Waals surface area contributed by atoms with Gasteiger partial charge in [-0.25, -0.2) is 4.39 Å². The van der Waals surface area contributed by atoms with Gasteiger partial charge in [-0.2, -0.15) is 0 Å². The molecule has 1 N–H and O–H groups in total. The number of carbonyl (C=O) groups excluding carboxylic acids is 2. The molecule has 1 saturated heterocycles. The number of ether oxygens (including phenoxy) is 1. The molecule has 0 bridgehead atoms. The first-order valence-corrected chi connectivity index (χ1v) is 9.47. The number of halogens is 1. The molecule has 0 radical (unpaired) electrons. The number of methoxy groups -OCH3 is 1. The lowest BCUT2D eigenvalue weighted by Crippen LogP contribution is -2.30. The van der Waals surface area contributed by atoms with Crippen molar-refractivity contribution in [1.29, 1.82) is 0 Å². The number of hydrogen-bond acceptors (Lipinski definition) is 6. The number of aliphatic hydroxyl groups is 1. The number of hydrogen-bond donors (Lipinski definition) is 1. The van der Waals surface area contributed by atoms with Crippen molar-refractivity contribution >= 4 is 23.3 Å². The fourth-order valence-electron chi connectivity index (χ4n) is 3.71. The number of nitrogens with zero attached hydrogens (tertiary/aromatic N) is 2. The first-order valence-electron chi connectivity index (χ1n) is 9.47. The third-order valence-corrected chi connectivity index (χ3v) is 5.17. The number of benzene rings is 2. The molecule has 1 atom stereocenters. The number of carbonyl (C=O) groups is 2. The highest BCUT2D eigenvalue weighted by molar-refractivity contribution is 6.51. The third-order valence-electron chi connectivity index (χ3n) is 5.17. The second-order valence-corrected chi connectivity index (χ2v) is 7.17. The zero-order chi connectivity index (χ0) is 22.3. The Kier molecular flexibility index (Phi) is 5.06. The first-order chi connectivity index (χ1) is 14.8. The summed E-state index contributed by atoms with van der Waals surface area (Å²) in [6.07, 6.45) is 0. The van der Waals surface area contributed by atoms with Crippen LogP contribution < -0.4 is 9.64 Å². The Morgan fingerprint density at radius 3 is 2.52 bits per heavy atom. The Morgan fingerprint density at radius 2 is 1.90 bits per heavy atom. The summed E-state index contributed by atoms with van der Waals surface area (Å²) in [6.45, 7) is 3.41. The molecule has 1 fully saturated rings. The van der Waals surface area contributed by atoms with E-state index in [-0.39, 0.29) is 17.0 Å². The van der Waals surface area contributed by atoms with E-state index >= 15 is 0 Å². The molecular formula is C23H19FN2O5. The number of aromatic nitrogens is 1. The Bertz CT molecular complexity index is 1230. The minimum absolute atomic E-state index is 0.0501. The van der Waals surface area contributed by atoms with Crippen LogP contribution in [0.2, 0.25) is 0 Å². The van der Waals surface area contributed by atoms with Crippen LogP contribution in [0.1, 0.15) is 28.5 Å². The number of Topliss-reactive ketones (excluding diaryl/α,β-unsaturated/α-hetero) is 1. The van der Waals surface area contributed by atoms with Gasteiger partial charge in [0.1, 0.15) is 23.1 Å². The fraction of sp³-hybridized carbons (Fsp3) is 0.174. The van der Waals surface area contributed by atoms with Crippen LogP contribution >= 0.6 is 0 Å². The third kappa shape index (κ3) is 3.35. The average Bonchev–Trinajstić information content (AvgIpc) is 3.28. The number of anilines is 1. The van der Waals surface area contributed by atoms with Crippen molar-refractivity contribution in [3.63, 3.8) is 0 Å². The van der Waals surface area contributed by atoms with Crippen LogP contribution in [-0.2, 0) is 9.59 Å². The Morgan fingerprint density at radius 1 is 1.16 bits per heavy atom. The molecule has 1 aromatic heterocycles. The van der Waals surface area contributed by atoms with Crippen molar-refractivity contribution in [3.8, 4) is 5.75 Å². The smallest absolute Gasteiger partial charge is 0.301 e. The highest BCUT2D eigenvalue weighted by Crippen LogP contribution is 2.42. The van der Waals surface area contributed by atoms with Crippen molar-refractivity contribution in [2.75, 3.05) is 12.0 Å². The molecule has 1 aliphatic rings. The van der Waals surface area contributed by atoms with E-state index in [4.69, 9.17) is 9.26 Å². The maximum atomic E-state index is 14.8. The highest BCUT2D eigenvalue weighted by atomic mass is 19.1. The van der Waals surface area contributed by atoms with E-state index in [0.717, 1.165) is 10.5 Å². The van der Waals surface area contributed by atoms with E-state index in [0.29, 0.717) is 17.1 Å². The van der Waals surface area contributed by atoms with Gasteiger partial charge in [-0.1, -0.05) is 23.4 Å². The SMILES string of the molecule is COc1ccc(/C(O)=C2\C(=O)C(=O)N(c3cc(C)on3)C2c2ccccc2F)cc1C. The molecule has 0 spiro atoms. The van der Waals surface area contributed by atoms with Gasteiger partial charge in [-0.15, -0.1) is 0 Å². The van der Waals surface area contributed by atoms with Crippen LogP contribution in [0.4, 0.5) is 10.2 Å². The van der Waals surface area contributed by atoms with Crippen molar-refractivity contribution in [1.82, 2.24) is 5.16 Å². The molecule has 2 heterocycles. The van der Waals surface area contributed by atoms with E-state index in [1.165, 1.54) is 31.4 Å². The predicted octanol–water partition coefficient (Wildman–Crippen LogP) is 4.07. The van der Waals surface area contributed by atoms with Crippen molar-refractivity contribution in [3.05, 3.63) is 82.4 Å². The summed E-state index contributed by atoms with van der Waals surface area (Å²) in [5.41, 5.74) is 0.832. The summed E-state index contributed by atoms with van der Waals surface area (Å²) in [4.78, 5) is 27.0. The van der Waals surface area contributed by atoms with E-state index in [9.17, 15) is 19.1 Å². The van der Waals surface area contributed by atoms with Crippen molar-refractivity contribution < 1.29 is 28.3 Å². The lowest BCUT2D eigenvalue weighted by Gasteiger charge is -2.23. The molecular weight excluding hydrogens is 403 g/mol. The molecule has 8 heteroatoms. The van der Waals surface area contributed by atoms with Gasteiger partial charge in [-0.05, 0) is 43.7 Å². The van der Waals surface area contributed by atoms with Gasteiger partial charge in [0.2, 0.25) is 0 Å². The normalized spacial score (nSPS) is 17.9. The molecule has 7 nitrogen and oxygen atoms in total. The first kappa shape index (κ1) is 20.3. The van der Waals surface area contributed by atoms with E-state index in [1.807, 2.05) is 0 Å². The van der Waals surface area contributed by atoms with Crippen LogP contribution in [0.5, 0.6) is 5.75 Å². The monoisotopic (exact) mass is 422 g/mol. The van der Waals surface area contributed by atoms with Gasteiger partial charge >= 0.3 is 5.91 Å².